The Labute approximate surface area is 196 Å². The van der Waals surface area contributed by atoms with Gasteiger partial charge in [0.15, 0.2) is 17.3 Å². The Bertz CT molecular complexity index is 1290. The molecule has 2 heterocycles. The van der Waals surface area contributed by atoms with Crippen molar-refractivity contribution in [2.24, 2.45) is 5.10 Å². The fourth-order valence-electron chi connectivity index (χ4n) is 3.75. The molecule has 3 aromatic carbocycles. The van der Waals surface area contributed by atoms with E-state index in [1.165, 1.54) is 11.1 Å². The minimum atomic E-state index is 0.527. The predicted molar refractivity (Wildman–Crippen MR) is 130 cm³/mol. The van der Waals surface area contributed by atoms with E-state index in [0.29, 0.717) is 23.1 Å². The van der Waals surface area contributed by atoms with Crippen molar-refractivity contribution >= 4 is 17.5 Å². The Kier molecular flexibility index (Phi) is 5.75. The number of methoxy groups -OCH3 is 3. The maximum absolute atomic E-state index is 5.50. The van der Waals surface area contributed by atoms with Gasteiger partial charge in [-0.1, -0.05) is 66.4 Å². The second-order valence-corrected chi connectivity index (χ2v) is 8.25. The molecule has 0 aliphatic carbocycles. The van der Waals surface area contributed by atoms with Crippen molar-refractivity contribution in [2.45, 2.75) is 5.16 Å². The second kappa shape index (κ2) is 8.99. The molecule has 7 nitrogen and oxygen atoms in total. The quantitative estimate of drug-likeness (QED) is 0.405. The highest BCUT2D eigenvalue weighted by Crippen LogP contribution is 2.41. The fourth-order valence-corrected chi connectivity index (χ4v) is 4.58. The van der Waals surface area contributed by atoms with Crippen LogP contribution in [0.25, 0.3) is 22.5 Å². The SMILES string of the molecule is COc1cc(-c2nnc3n2N=C(c2ccc(-c4ccccc4)cc2)CS3)cc(OC)c1OC. The van der Waals surface area contributed by atoms with Crippen molar-refractivity contribution in [2.75, 3.05) is 27.1 Å². The molecule has 1 aliphatic heterocycles. The molecular formula is C25H22N4O3S. The molecular weight excluding hydrogens is 436 g/mol. The molecule has 1 aliphatic rings. The van der Waals surface area contributed by atoms with Crippen LogP contribution in [0.1, 0.15) is 5.56 Å². The Hall–Kier alpha value is -3.78. The van der Waals surface area contributed by atoms with Gasteiger partial charge in [0.1, 0.15) is 0 Å². The Morgan fingerprint density at radius 2 is 1.36 bits per heavy atom. The molecule has 0 saturated carbocycles. The van der Waals surface area contributed by atoms with E-state index in [1.54, 1.807) is 37.8 Å². The van der Waals surface area contributed by atoms with Crippen LogP contribution < -0.4 is 14.2 Å². The van der Waals surface area contributed by atoms with Gasteiger partial charge in [-0.05, 0) is 28.8 Å². The van der Waals surface area contributed by atoms with Gasteiger partial charge < -0.3 is 14.2 Å². The van der Waals surface area contributed by atoms with Crippen molar-refractivity contribution in [1.82, 2.24) is 14.9 Å². The number of rotatable bonds is 6. The summed E-state index contributed by atoms with van der Waals surface area (Å²) in [5, 5.41) is 14.3. The zero-order chi connectivity index (χ0) is 22.8. The van der Waals surface area contributed by atoms with Crippen LogP contribution in [0.3, 0.4) is 0 Å². The first-order valence-electron chi connectivity index (χ1n) is 10.3. The van der Waals surface area contributed by atoms with Crippen molar-refractivity contribution < 1.29 is 14.2 Å². The van der Waals surface area contributed by atoms with E-state index in [-0.39, 0.29) is 0 Å². The lowest BCUT2D eigenvalue weighted by Gasteiger charge is -2.16. The average Bonchev–Trinajstić information content (AvgIpc) is 3.31. The van der Waals surface area contributed by atoms with Gasteiger partial charge in [-0.25, -0.2) is 0 Å². The summed E-state index contributed by atoms with van der Waals surface area (Å²) in [7, 11) is 4.76. The van der Waals surface area contributed by atoms with Gasteiger partial charge in [0.05, 0.1) is 27.0 Å². The van der Waals surface area contributed by atoms with Crippen LogP contribution in [-0.4, -0.2) is 47.7 Å². The van der Waals surface area contributed by atoms with Crippen LogP contribution in [0, 0.1) is 0 Å². The number of benzene rings is 3. The van der Waals surface area contributed by atoms with E-state index in [4.69, 9.17) is 19.3 Å². The summed E-state index contributed by atoms with van der Waals surface area (Å²) in [5.74, 6) is 2.95. The first-order valence-corrected chi connectivity index (χ1v) is 11.3. The molecule has 5 rings (SSSR count). The van der Waals surface area contributed by atoms with Gasteiger partial charge in [0, 0.05) is 11.3 Å². The van der Waals surface area contributed by atoms with Crippen molar-refractivity contribution in [3.8, 4) is 39.8 Å². The summed E-state index contributed by atoms with van der Waals surface area (Å²) >= 11 is 1.61. The molecule has 0 fully saturated rings. The van der Waals surface area contributed by atoms with E-state index >= 15 is 0 Å². The minimum absolute atomic E-state index is 0.527. The van der Waals surface area contributed by atoms with Crippen molar-refractivity contribution in [1.29, 1.82) is 0 Å². The first-order chi connectivity index (χ1) is 16.2. The van der Waals surface area contributed by atoms with E-state index in [0.717, 1.165) is 27.7 Å². The topological polar surface area (TPSA) is 70.8 Å². The van der Waals surface area contributed by atoms with E-state index in [1.807, 2.05) is 30.3 Å². The molecule has 33 heavy (non-hydrogen) atoms. The van der Waals surface area contributed by atoms with E-state index in [9.17, 15) is 0 Å². The van der Waals surface area contributed by atoms with Crippen LogP contribution >= 0.6 is 11.8 Å². The van der Waals surface area contributed by atoms with Crippen LogP contribution in [0.4, 0.5) is 0 Å². The lowest BCUT2D eigenvalue weighted by Crippen LogP contribution is -2.13. The fraction of sp³-hybridized carbons (Fsp3) is 0.160. The van der Waals surface area contributed by atoms with Gasteiger partial charge in [-0.2, -0.15) is 9.78 Å². The number of aromatic nitrogens is 3. The standard InChI is InChI=1S/C25H22N4O3S/c1-30-21-13-19(14-22(31-2)23(21)32-3)24-26-27-25-29(24)28-20(15-33-25)18-11-9-17(10-12-18)16-7-5-4-6-8-16/h4-14H,15H2,1-3H3. The molecule has 0 atom stereocenters. The van der Waals surface area contributed by atoms with E-state index < -0.39 is 0 Å². The Morgan fingerprint density at radius 3 is 2.00 bits per heavy atom. The van der Waals surface area contributed by atoms with Crippen molar-refractivity contribution in [3.63, 3.8) is 0 Å². The number of thioether (sulfide) groups is 1. The molecule has 0 radical (unpaired) electrons. The zero-order valence-corrected chi connectivity index (χ0v) is 19.3. The van der Waals surface area contributed by atoms with Crippen LogP contribution in [0.5, 0.6) is 17.2 Å². The van der Waals surface area contributed by atoms with Crippen LogP contribution in [0.15, 0.2) is 77.0 Å². The summed E-state index contributed by atoms with van der Waals surface area (Å²) in [5.41, 5.74) is 5.16. The zero-order valence-electron chi connectivity index (χ0n) is 18.5. The summed E-state index contributed by atoms with van der Waals surface area (Å²) in [6, 6.07) is 22.5. The number of hydrogen-bond acceptors (Lipinski definition) is 7. The lowest BCUT2D eigenvalue weighted by molar-refractivity contribution is 0.324. The van der Waals surface area contributed by atoms with Gasteiger partial charge in [-0.15, -0.1) is 10.2 Å². The minimum Gasteiger partial charge on any atom is -0.493 e. The van der Waals surface area contributed by atoms with Crippen LogP contribution in [-0.2, 0) is 0 Å². The summed E-state index contributed by atoms with van der Waals surface area (Å²) in [6.45, 7) is 0. The largest absolute Gasteiger partial charge is 0.493 e. The first kappa shape index (κ1) is 21.1. The van der Waals surface area contributed by atoms with Gasteiger partial charge in [0.2, 0.25) is 10.9 Å². The number of nitrogens with zero attached hydrogens (tertiary/aromatic N) is 4. The summed E-state index contributed by atoms with van der Waals surface area (Å²) < 4.78 is 18.2. The third kappa shape index (κ3) is 3.93. The molecule has 1 aromatic heterocycles. The molecule has 8 heteroatoms. The molecule has 4 aromatic rings. The Balaban J connectivity index is 1.52. The molecule has 0 N–H and O–H groups in total. The maximum Gasteiger partial charge on any atom is 0.212 e. The number of ether oxygens (including phenoxy) is 3. The summed E-state index contributed by atoms with van der Waals surface area (Å²) in [4.78, 5) is 0. The number of hydrogen-bond donors (Lipinski definition) is 0. The predicted octanol–water partition coefficient (Wildman–Crippen LogP) is 5.00. The highest BCUT2D eigenvalue weighted by Gasteiger charge is 2.23. The molecule has 0 amide bonds. The second-order valence-electron chi connectivity index (χ2n) is 7.31. The Morgan fingerprint density at radius 1 is 0.727 bits per heavy atom. The third-order valence-electron chi connectivity index (χ3n) is 5.42. The number of fused-ring (bicyclic) bond motifs is 1. The summed E-state index contributed by atoms with van der Waals surface area (Å²) in [6.07, 6.45) is 0. The normalized spacial score (nSPS) is 12.6. The van der Waals surface area contributed by atoms with Crippen LogP contribution in [0.2, 0.25) is 0 Å². The molecule has 0 saturated heterocycles. The monoisotopic (exact) mass is 458 g/mol. The van der Waals surface area contributed by atoms with E-state index in [2.05, 4.69) is 46.6 Å². The maximum atomic E-state index is 5.50. The highest BCUT2D eigenvalue weighted by molar-refractivity contribution is 7.99. The smallest absolute Gasteiger partial charge is 0.212 e. The molecule has 166 valence electrons. The van der Waals surface area contributed by atoms with Gasteiger partial charge >= 0.3 is 0 Å². The molecule has 0 bridgehead atoms. The van der Waals surface area contributed by atoms with Crippen molar-refractivity contribution in [3.05, 3.63) is 72.3 Å². The van der Waals surface area contributed by atoms with Gasteiger partial charge in [-0.3, -0.25) is 0 Å². The average molecular weight is 459 g/mol. The third-order valence-corrected chi connectivity index (χ3v) is 6.35. The van der Waals surface area contributed by atoms with Gasteiger partial charge in [0.25, 0.3) is 0 Å². The molecule has 0 unspecified atom stereocenters. The highest BCUT2D eigenvalue weighted by atomic mass is 32.2. The molecule has 0 spiro atoms. The lowest BCUT2D eigenvalue weighted by atomic mass is 10.0.